The molecule has 1 unspecified atom stereocenters. The first-order valence-corrected chi connectivity index (χ1v) is 12.2. The number of nitrogens with one attached hydrogen (secondary N) is 1. The normalized spacial score (nSPS) is 16.7. The molecule has 1 aliphatic rings. The summed E-state index contributed by atoms with van der Waals surface area (Å²) in [5.41, 5.74) is 2.32. The number of thioether (sulfide) groups is 1. The highest BCUT2D eigenvalue weighted by Crippen LogP contribution is 2.25. The van der Waals surface area contributed by atoms with E-state index in [4.69, 9.17) is 9.47 Å². The molecule has 2 aromatic carbocycles. The molecular weight excluding hydrogens is 408 g/mol. The van der Waals surface area contributed by atoms with Crippen molar-refractivity contribution in [2.75, 3.05) is 33.6 Å². The molecule has 1 aliphatic heterocycles. The predicted octanol–water partition coefficient (Wildman–Crippen LogP) is 4.73. The van der Waals surface area contributed by atoms with Gasteiger partial charge in [0.2, 0.25) is 5.91 Å². The van der Waals surface area contributed by atoms with Gasteiger partial charge in [-0.1, -0.05) is 12.1 Å². The van der Waals surface area contributed by atoms with Gasteiger partial charge in [0.1, 0.15) is 11.5 Å². The maximum atomic E-state index is 12.4. The number of rotatable bonds is 10. The van der Waals surface area contributed by atoms with Crippen molar-refractivity contribution < 1.29 is 14.3 Å². The minimum atomic E-state index is 0.0997. The largest absolute Gasteiger partial charge is 0.497 e. The molecule has 1 fully saturated rings. The second-order valence-electron chi connectivity index (χ2n) is 8.08. The highest BCUT2D eigenvalue weighted by molar-refractivity contribution is 7.98. The minimum absolute atomic E-state index is 0.0997. The molecule has 1 atom stereocenters. The third-order valence-electron chi connectivity index (χ3n) is 5.92. The van der Waals surface area contributed by atoms with E-state index in [1.54, 1.807) is 26.0 Å². The average molecular weight is 443 g/mol. The standard InChI is InChI=1S/C25H34N2O3S/c1-29-22-10-9-21(24(15-22)30-2)16-26-25(28)13-8-19-5-4-14-27(17-19)18-20-6-11-23(31-3)12-7-20/h6-7,9-12,15,19H,4-5,8,13-14,16-18H2,1-3H3,(H,26,28). The van der Waals surface area contributed by atoms with E-state index >= 15 is 0 Å². The van der Waals surface area contributed by atoms with Gasteiger partial charge in [-0.25, -0.2) is 0 Å². The van der Waals surface area contributed by atoms with Crippen molar-refractivity contribution in [3.05, 3.63) is 53.6 Å². The zero-order valence-corrected chi connectivity index (χ0v) is 19.7. The Balaban J connectivity index is 1.42. The van der Waals surface area contributed by atoms with Crippen molar-refractivity contribution in [3.63, 3.8) is 0 Å². The summed E-state index contributed by atoms with van der Waals surface area (Å²) in [6.07, 6.45) is 6.03. The van der Waals surface area contributed by atoms with E-state index in [0.717, 1.165) is 43.1 Å². The van der Waals surface area contributed by atoms with Gasteiger partial charge < -0.3 is 14.8 Å². The first kappa shape index (κ1) is 23.5. The molecule has 2 aromatic rings. The summed E-state index contributed by atoms with van der Waals surface area (Å²) < 4.78 is 10.6. The number of carbonyl (C=O) groups is 1. The number of benzene rings is 2. The van der Waals surface area contributed by atoms with Crippen LogP contribution in [0.3, 0.4) is 0 Å². The number of nitrogens with zero attached hydrogens (tertiary/aromatic N) is 1. The third kappa shape index (κ3) is 7.18. The number of likely N-dealkylation sites (tertiary alicyclic amines) is 1. The molecule has 0 aliphatic carbocycles. The first-order chi connectivity index (χ1) is 15.1. The van der Waals surface area contributed by atoms with Crippen molar-refractivity contribution in [2.24, 2.45) is 5.92 Å². The van der Waals surface area contributed by atoms with Gasteiger partial charge in [0, 0.05) is 42.6 Å². The fourth-order valence-electron chi connectivity index (χ4n) is 4.13. The van der Waals surface area contributed by atoms with Crippen molar-refractivity contribution in [3.8, 4) is 11.5 Å². The second-order valence-corrected chi connectivity index (χ2v) is 8.96. The summed E-state index contributed by atoms with van der Waals surface area (Å²) in [5.74, 6) is 2.16. The van der Waals surface area contributed by atoms with Crippen LogP contribution in [-0.4, -0.2) is 44.4 Å². The van der Waals surface area contributed by atoms with E-state index in [1.807, 2.05) is 18.2 Å². The Morgan fingerprint density at radius 3 is 2.68 bits per heavy atom. The van der Waals surface area contributed by atoms with Gasteiger partial charge in [0.05, 0.1) is 14.2 Å². The number of amides is 1. The molecule has 168 valence electrons. The third-order valence-corrected chi connectivity index (χ3v) is 6.66. The molecule has 6 heteroatoms. The Bertz CT molecular complexity index is 841. The number of piperidine rings is 1. The molecule has 0 spiro atoms. The lowest BCUT2D eigenvalue weighted by Crippen LogP contribution is -2.35. The Morgan fingerprint density at radius 1 is 1.16 bits per heavy atom. The molecule has 1 heterocycles. The number of hydrogen-bond donors (Lipinski definition) is 1. The fraction of sp³-hybridized carbons (Fsp3) is 0.480. The van der Waals surface area contributed by atoms with Gasteiger partial charge in [0.25, 0.3) is 0 Å². The van der Waals surface area contributed by atoms with E-state index in [-0.39, 0.29) is 5.91 Å². The molecule has 0 bridgehead atoms. The van der Waals surface area contributed by atoms with Crippen LogP contribution in [0, 0.1) is 5.92 Å². The fourth-order valence-corrected chi connectivity index (χ4v) is 4.54. The first-order valence-electron chi connectivity index (χ1n) is 10.9. The van der Waals surface area contributed by atoms with Crippen LogP contribution in [-0.2, 0) is 17.9 Å². The van der Waals surface area contributed by atoms with E-state index in [1.165, 1.54) is 23.3 Å². The summed E-state index contributed by atoms with van der Waals surface area (Å²) in [6, 6.07) is 14.5. The van der Waals surface area contributed by atoms with Crippen LogP contribution in [0.4, 0.5) is 0 Å². The van der Waals surface area contributed by atoms with Crippen molar-refractivity contribution in [2.45, 2.75) is 43.7 Å². The Kier molecular flexibility index (Phi) is 9.10. The number of ether oxygens (including phenoxy) is 2. The molecule has 1 amide bonds. The van der Waals surface area contributed by atoms with Crippen LogP contribution in [0.2, 0.25) is 0 Å². The average Bonchev–Trinajstić information content (AvgIpc) is 2.82. The molecule has 3 rings (SSSR count). The van der Waals surface area contributed by atoms with Gasteiger partial charge in [-0.15, -0.1) is 11.8 Å². The van der Waals surface area contributed by atoms with Gasteiger partial charge >= 0.3 is 0 Å². The Hall–Kier alpha value is -2.18. The molecule has 0 aromatic heterocycles. The lowest BCUT2D eigenvalue weighted by Gasteiger charge is -2.32. The molecule has 1 N–H and O–H groups in total. The predicted molar refractivity (Wildman–Crippen MR) is 127 cm³/mol. The maximum Gasteiger partial charge on any atom is 0.220 e. The van der Waals surface area contributed by atoms with Crippen molar-refractivity contribution in [1.29, 1.82) is 0 Å². The maximum absolute atomic E-state index is 12.4. The molecule has 31 heavy (non-hydrogen) atoms. The number of carbonyl (C=O) groups excluding carboxylic acids is 1. The topological polar surface area (TPSA) is 50.8 Å². The van der Waals surface area contributed by atoms with Crippen LogP contribution in [0.1, 0.15) is 36.8 Å². The highest BCUT2D eigenvalue weighted by atomic mass is 32.2. The van der Waals surface area contributed by atoms with E-state index < -0.39 is 0 Å². The number of methoxy groups -OCH3 is 2. The summed E-state index contributed by atoms with van der Waals surface area (Å²) >= 11 is 1.78. The Morgan fingerprint density at radius 2 is 1.97 bits per heavy atom. The lowest BCUT2D eigenvalue weighted by molar-refractivity contribution is -0.121. The van der Waals surface area contributed by atoms with Crippen LogP contribution in [0.25, 0.3) is 0 Å². The second kappa shape index (κ2) is 12.0. The molecule has 5 nitrogen and oxygen atoms in total. The monoisotopic (exact) mass is 442 g/mol. The van der Waals surface area contributed by atoms with Gasteiger partial charge in [-0.3, -0.25) is 9.69 Å². The molecular formula is C25H34N2O3S. The van der Waals surface area contributed by atoms with Crippen LogP contribution in [0.5, 0.6) is 11.5 Å². The number of hydrogen-bond acceptors (Lipinski definition) is 5. The highest BCUT2D eigenvalue weighted by Gasteiger charge is 2.21. The summed E-state index contributed by atoms with van der Waals surface area (Å²) in [6.45, 7) is 3.68. The summed E-state index contributed by atoms with van der Waals surface area (Å²) in [5, 5.41) is 3.04. The minimum Gasteiger partial charge on any atom is -0.497 e. The van der Waals surface area contributed by atoms with E-state index in [2.05, 4.69) is 40.7 Å². The lowest BCUT2D eigenvalue weighted by atomic mass is 9.93. The van der Waals surface area contributed by atoms with Crippen LogP contribution < -0.4 is 14.8 Å². The molecule has 0 radical (unpaired) electrons. The Labute approximate surface area is 190 Å². The van der Waals surface area contributed by atoms with Gasteiger partial charge in [-0.2, -0.15) is 0 Å². The van der Waals surface area contributed by atoms with Gasteiger partial charge in [-0.05, 0) is 67.8 Å². The van der Waals surface area contributed by atoms with Crippen LogP contribution in [0.15, 0.2) is 47.4 Å². The summed E-state index contributed by atoms with van der Waals surface area (Å²) in [7, 11) is 3.26. The van der Waals surface area contributed by atoms with Crippen LogP contribution >= 0.6 is 11.8 Å². The van der Waals surface area contributed by atoms with E-state index in [0.29, 0.717) is 18.9 Å². The van der Waals surface area contributed by atoms with E-state index in [9.17, 15) is 4.79 Å². The smallest absolute Gasteiger partial charge is 0.220 e. The zero-order chi connectivity index (χ0) is 22.1. The SMILES string of the molecule is COc1ccc(CNC(=O)CCC2CCCN(Cc3ccc(SC)cc3)C2)c(OC)c1. The molecule has 1 saturated heterocycles. The zero-order valence-electron chi connectivity index (χ0n) is 18.9. The quantitative estimate of drug-likeness (QED) is 0.539. The van der Waals surface area contributed by atoms with Gasteiger partial charge in [0.15, 0.2) is 0 Å². The van der Waals surface area contributed by atoms with Crippen molar-refractivity contribution in [1.82, 2.24) is 10.2 Å². The molecule has 0 saturated carbocycles. The van der Waals surface area contributed by atoms with Crippen molar-refractivity contribution >= 4 is 17.7 Å². The summed E-state index contributed by atoms with van der Waals surface area (Å²) in [4.78, 5) is 16.3.